The summed E-state index contributed by atoms with van der Waals surface area (Å²) in [4.78, 5) is 5.81. The molecule has 62 valence electrons. The first kappa shape index (κ1) is 8.20. The van der Waals surface area contributed by atoms with Gasteiger partial charge in [-0.3, -0.25) is 5.32 Å². The average Bonchev–Trinajstić information content (AvgIpc) is 1.94. The van der Waals surface area contributed by atoms with Crippen molar-refractivity contribution in [2.75, 3.05) is 20.6 Å². The fourth-order valence-electron chi connectivity index (χ4n) is 0.686. The number of guanidine groups is 1. The molecule has 0 bridgehead atoms. The van der Waals surface area contributed by atoms with Crippen LogP contribution in [0.3, 0.4) is 0 Å². The van der Waals surface area contributed by atoms with Crippen LogP contribution < -0.4 is 5.32 Å². The number of aliphatic hydroxyl groups is 1. The minimum Gasteiger partial charge on any atom is -0.494 e. The van der Waals surface area contributed by atoms with E-state index in [0.717, 1.165) is 0 Å². The monoisotopic (exact) mass is 175 g/mol. The fourth-order valence-corrected chi connectivity index (χ4v) is 0.793. The first-order valence-corrected chi connectivity index (χ1v) is 3.55. The quantitative estimate of drug-likeness (QED) is 0.563. The van der Waals surface area contributed by atoms with E-state index >= 15 is 0 Å². The predicted molar refractivity (Wildman–Crippen MR) is 44.6 cm³/mol. The zero-order valence-electron chi connectivity index (χ0n) is 6.43. The fraction of sp³-hybridized carbons (Fsp3) is 0.500. The van der Waals surface area contributed by atoms with Crippen molar-refractivity contribution in [2.45, 2.75) is 0 Å². The standard InChI is InChI=1S/C6H10ClN3O/c1-10(2)6-8-3-4(7)5(11)9-6/h11H,3H2,1-2H3,(H,8,9). The van der Waals surface area contributed by atoms with Crippen LogP contribution in [0.5, 0.6) is 0 Å². The number of aliphatic imine (C=N–C) groups is 1. The maximum Gasteiger partial charge on any atom is 0.208 e. The van der Waals surface area contributed by atoms with Crippen LogP contribution in [0.25, 0.3) is 0 Å². The summed E-state index contributed by atoms with van der Waals surface area (Å²) in [5.41, 5.74) is 0. The van der Waals surface area contributed by atoms with E-state index in [4.69, 9.17) is 16.7 Å². The first-order chi connectivity index (χ1) is 5.11. The molecule has 1 aliphatic rings. The van der Waals surface area contributed by atoms with E-state index in [1.807, 2.05) is 14.1 Å². The van der Waals surface area contributed by atoms with Crippen LogP contribution in [0.2, 0.25) is 0 Å². The third kappa shape index (κ3) is 1.77. The second-order valence-electron chi connectivity index (χ2n) is 2.41. The summed E-state index contributed by atoms with van der Waals surface area (Å²) in [6, 6.07) is 0. The molecule has 0 radical (unpaired) electrons. The summed E-state index contributed by atoms with van der Waals surface area (Å²) in [6.45, 7) is 0.341. The molecule has 4 nitrogen and oxygen atoms in total. The van der Waals surface area contributed by atoms with Crippen molar-refractivity contribution < 1.29 is 5.11 Å². The molecule has 1 heterocycles. The van der Waals surface area contributed by atoms with Crippen LogP contribution in [0, 0.1) is 0 Å². The van der Waals surface area contributed by atoms with E-state index in [9.17, 15) is 0 Å². The predicted octanol–water partition coefficient (Wildman–Crippen LogP) is 0.473. The van der Waals surface area contributed by atoms with Gasteiger partial charge in [-0.05, 0) is 0 Å². The van der Waals surface area contributed by atoms with Crippen molar-refractivity contribution in [3.05, 3.63) is 10.9 Å². The zero-order chi connectivity index (χ0) is 8.43. The van der Waals surface area contributed by atoms with Crippen molar-refractivity contribution in [2.24, 2.45) is 4.99 Å². The number of hydrogen-bond acceptors (Lipinski definition) is 4. The van der Waals surface area contributed by atoms with Gasteiger partial charge in [0, 0.05) is 14.1 Å². The van der Waals surface area contributed by atoms with Crippen LogP contribution in [0.4, 0.5) is 0 Å². The molecular formula is C6H10ClN3O. The summed E-state index contributed by atoms with van der Waals surface area (Å²) in [5.74, 6) is 0.609. The summed E-state index contributed by atoms with van der Waals surface area (Å²) < 4.78 is 0. The minimum absolute atomic E-state index is 0.00892. The highest BCUT2D eigenvalue weighted by Crippen LogP contribution is 2.09. The molecule has 0 saturated heterocycles. The van der Waals surface area contributed by atoms with E-state index in [1.54, 1.807) is 4.90 Å². The lowest BCUT2D eigenvalue weighted by Crippen LogP contribution is -2.38. The Hall–Kier alpha value is -0.900. The van der Waals surface area contributed by atoms with Crippen molar-refractivity contribution >= 4 is 17.6 Å². The van der Waals surface area contributed by atoms with E-state index in [1.165, 1.54) is 0 Å². The highest BCUT2D eigenvalue weighted by molar-refractivity contribution is 6.30. The van der Waals surface area contributed by atoms with Crippen molar-refractivity contribution in [3.63, 3.8) is 0 Å². The second-order valence-corrected chi connectivity index (χ2v) is 2.87. The Morgan fingerprint density at radius 1 is 1.64 bits per heavy atom. The Labute approximate surface area is 70.2 Å². The van der Waals surface area contributed by atoms with Gasteiger partial charge in [-0.15, -0.1) is 0 Å². The largest absolute Gasteiger partial charge is 0.494 e. The van der Waals surface area contributed by atoms with Crippen LogP contribution in [-0.4, -0.2) is 36.6 Å². The molecule has 1 aliphatic heterocycles. The Morgan fingerprint density at radius 2 is 2.27 bits per heavy atom. The first-order valence-electron chi connectivity index (χ1n) is 3.17. The topological polar surface area (TPSA) is 47.9 Å². The van der Waals surface area contributed by atoms with Gasteiger partial charge in [0.1, 0.15) is 0 Å². The molecule has 0 spiro atoms. The van der Waals surface area contributed by atoms with Gasteiger partial charge in [0.25, 0.3) is 0 Å². The number of aliphatic hydroxyl groups excluding tert-OH is 1. The van der Waals surface area contributed by atoms with Crippen molar-refractivity contribution in [3.8, 4) is 0 Å². The number of nitrogens with zero attached hydrogens (tertiary/aromatic N) is 2. The van der Waals surface area contributed by atoms with Gasteiger partial charge in [0.2, 0.25) is 11.8 Å². The zero-order valence-corrected chi connectivity index (χ0v) is 7.18. The molecule has 1 rings (SSSR count). The summed E-state index contributed by atoms with van der Waals surface area (Å²) >= 11 is 5.58. The third-order valence-corrected chi connectivity index (χ3v) is 1.58. The minimum atomic E-state index is -0.00892. The van der Waals surface area contributed by atoms with Gasteiger partial charge < -0.3 is 10.0 Å². The Morgan fingerprint density at radius 3 is 2.73 bits per heavy atom. The lowest BCUT2D eigenvalue weighted by atomic mass is 10.5. The summed E-state index contributed by atoms with van der Waals surface area (Å²) in [6.07, 6.45) is 0. The second kappa shape index (κ2) is 3.00. The molecule has 0 aliphatic carbocycles. The molecule has 0 aromatic rings. The average molecular weight is 176 g/mol. The van der Waals surface area contributed by atoms with Gasteiger partial charge >= 0.3 is 0 Å². The van der Waals surface area contributed by atoms with Crippen LogP contribution in [0.15, 0.2) is 15.9 Å². The molecule has 0 fully saturated rings. The molecule has 0 atom stereocenters. The lowest BCUT2D eigenvalue weighted by molar-refractivity contribution is 0.372. The molecule has 2 N–H and O–H groups in total. The SMILES string of the molecule is CN(C)C1=NCC(Cl)=C(O)N1. The lowest BCUT2D eigenvalue weighted by Gasteiger charge is -2.20. The van der Waals surface area contributed by atoms with E-state index in [2.05, 4.69) is 10.3 Å². The highest BCUT2D eigenvalue weighted by Gasteiger charge is 2.12. The Bertz CT molecular complexity index is 222. The van der Waals surface area contributed by atoms with Crippen LogP contribution in [0.1, 0.15) is 0 Å². The van der Waals surface area contributed by atoms with Crippen LogP contribution >= 0.6 is 11.6 Å². The Balaban J connectivity index is 2.67. The smallest absolute Gasteiger partial charge is 0.208 e. The van der Waals surface area contributed by atoms with Gasteiger partial charge in [0.05, 0.1) is 11.6 Å². The molecule has 0 aromatic carbocycles. The molecule has 0 aromatic heterocycles. The maximum atomic E-state index is 9.13. The molecule has 0 amide bonds. The summed E-state index contributed by atoms with van der Waals surface area (Å²) in [7, 11) is 3.66. The van der Waals surface area contributed by atoms with Gasteiger partial charge in [-0.25, -0.2) is 4.99 Å². The third-order valence-electron chi connectivity index (χ3n) is 1.28. The molecule has 0 saturated carbocycles. The van der Waals surface area contributed by atoms with E-state index in [0.29, 0.717) is 17.5 Å². The van der Waals surface area contributed by atoms with Gasteiger partial charge in [-0.1, -0.05) is 11.6 Å². The molecule has 0 unspecified atom stereocenters. The number of hydrogen-bond donors (Lipinski definition) is 2. The number of nitrogens with one attached hydrogen (secondary N) is 1. The van der Waals surface area contributed by atoms with Crippen molar-refractivity contribution in [1.29, 1.82) is 0 Å². The number of halogens is 1. The number of rotatable bonds is 0. The Kier molecular flexibility index (Phi) is 2.24. The van der Waals surface area contributed by atoms with Crippen molar-refractivity contribution in [1.82, 2.24) is 10.2 Å². The van der Waals surface area contributed by atoms with E-state index < -0.39 is 0 Å². The molecular weight excluding hydrogens is 166 g/mol. The van der Waals surface area contributed by atoms with E-state index in [-0.39, 0.29) is 5.88 Å². The highest BCUT2D eigenvalue weighted by atomic mass is 35.5. The van der Waals surface area contributed by atoms with Gasteiger partial charge in [0.15, 0.2) is 0 Å². The normalized spacial score (nSPS) is 17.5. The molecule has 11 heavy (non-hydrogen) atoms. The molecule has 5 heteroatoms. The summed E-state index contributed by atoms with van der Waals surface area (Å²) in [5, 5.41) is 12.1. The van der Waals surface area contributed by atoms with Gasteiger partial charge in [-0.2, -0.15) is 0 Å². The maximum absolute atomic E-state index is 9.13. The van der Waals surface area contributed by atoms with Crippen LogP contribution in [-0.2, 0) is 0 Å².